The lowest BCUT2D eigenvalue weighted by molar-refractivity contribution is 0.158. The third-order valence-corrected chi connectivity index (χ3v) is 3.32. The Bertz CT molecular complexity index is 416. The van der Waals surface area contributed by atoms with E-state index in [0.717, 1.165) is 18.5 Å². The fourth-order valence-corrected chi connectivity index (χ4v) is 2.60. The van der Waals surface area contributed by atoms with Crippen molar-refractivity contribution in [3.8, 4) is 0 Å². The molecule has 1 N–H and O–H groups in total. The van der Waals surface area contributed by atoms with Gasteiger partial charge in [0.1, 0.15) is 0 Å². The zero-order valence-electron chi connectivity index (χ0n) is 9.87. The van der Waals surface area contributed by atoms with Gasteiger partial charge in [-0.15, -0.1) is 0 Å². The van der Waals surface area contributed by atoms with Crippen LogP contribution in [-0.4, -0.2) is 20.7 Å². The smallest absolute Gasteiger partial charge is 0.268 e. The largest absolute Gasteiger partial charge is 0.290 e. The Morgan fingerprint density at radius 3 is 2.73 bits per heavy atom. The molecule has 1 aliphatic heterocycles. The molecular weight excluding hydrogens is 190 g/mol. The molecule has 0 radical (unpaired) electrons. The summed E-state index contributed by atoms with van der Waals surface area (Å²) in [6, 6.07) is 0.880. The summed E-state index contributed by atoms with van der Waals surface area (Å²) in [4.78, 5) is 14.0. The van der Waals surface area contributed by atoms with Crippen LogP contribution in [0, 0.1) is 0 Å². The number of fused-ring (bicyclic) bond motifs is 1. The molecule has 0 amide bonds. The van der Waals surface area contributed by atoms with Crippen molar-refractivity contribution >= 4 is 0 Å². The summed E-state index contributed by atoms with van der Waals surface area (Å²) in [7, 11) is 1.92. The third-order valence-electron chi connectivity index (χ3n) is 3.32. The molecule has 2 rings (SSSR count). The summed E-state index contributed by atoms with van der Waals surface area (Å²) in [6.07, 6.45) is 1.05. The molecule has 0 saturated heterocycles. The van der Waals surface area contributed by atoms with Crippen LogP contribution in [0.5, 0.6) is 0 Å². The minimum absolute atomic E-state index is 0.0779. The Balaban J connectivity index is 2.47. The average molecular weight is 209 g/mol. The quantitative estimate of drug-likeness (QED) is 0.799. The summed E-state index contributed by atoms with van der Waals surface area (Å²) < 4.78 is 1.88. The van der Waals surface area contributed by atoms with E-state index in [4.69, 9.17) is 0 Å². The number of aromatic nitrogens is 2. The molecule has 0 aromatic carbocycles. The predicted octanol–water partition coefficient (Wildman–Crippen LogP) is 1.39. The number of hydrogen-bond donors (Lipinski definition) is 1. The van der Waals surface area contributed by atoms with E-state index in [1.807, 2.05) is 11.7 Å². The molecule has 0 saturated carbocycles. The molecule has 2 heterocycles. The van der Waals surface area contributed by atoms with Gasteiger partial charge in [0.25, 0.3) is 5.56 Å². The first-order chi connectivity index (χ1) is 7.06. The van der Waals surface area contributed by atoms with Gasteiger partial charge >= 0.3 is 0 Å². The van der Waals surface area contributed by atoms with Crippen LogP contribution in [0.25, 0.3) is 0 Å². The first kappa shape index (κ1) is 10.5. The van der Waals surface area contributed by atoms with E-state index in [0.29, 0.717) is 12.1 Å². The van der Waals surface area contributed by atoms with Crippen LogP contribution in [0.15, 0.2) is 4.79 Å². The van der Waals surface area contributed by atoms with E-state index in [1.54, 1.807) is 0 Å². The van der Waals surface area contributed by atoms with Gasteiger partial charge in [0, 0.05) is 19.6 Å². The van der Waals surface area contributed by atoms with Gasteiger partial charge in [-0.05, 0) is 20.3 Å². The normalized spacial score (nSPS) is 21.3. The first-order valence-electron chi connectivity index (χ1n) is 5.59. The lowest BCUT2D eigenvalue weighted by Gasteiger charge is -2.28. The van der Waals surface area contributed by atoms with Gasteiger partial charge in [0.2, 0.25) is 0 Å². The van der Waals surface area contributed by atoms with Crippen molar-refractivity contribution < 1.29 is 0 Å². The van der Waals surface area contributed by atoms with E-state index < -0.39 is 0 Å². The van der Waals surface area contributed by atoms with E-state index in [-0.39, 0.29) is 5.56 Å². The lowest BCUT2D eigenvalue weighted by Crippen LogP contribution is -2.31. The van der Waals surface area contributed by atoms with Crippen LogP contribution in [0.2, 0.25) is 0 Å². The van der Waals surface area contributed by atoms with Gasteiger partial charge in [-0.1, -0.05) is 6.92 Å². The monoisotopic (exact) mass is 209 g/mol. The van der Waals surface area contributed by atoms with Crippen molar-refractivity contribution in [3.05, 3.63) is 21.6 Å². The number of rotatable bonds is 2. The van der Waals surface area contributed by atoms with Crippen LogP contribution in [0.3, 0.4) is 0 Å². The minimum atomic E-state index is 0.0779. The van der Waals surface area contributed by atoms with E-state index in [9.17, 15) is 4.79 Å². The van der Waals surface area contributed by atoms with Gasteiger partial charge in [0.15, 0.2) is 0 Å². The maximum atomic E-state index is 11.7. The summed E-state index contributed by atoms with van der Waals surface area (Å²) in [6.45, 7) is 7.33. The van der Waals surface area contributed by atoms with Crippen molar-refractivity contribution in [1.29, 1.82) is 0 Å². The summed E-state index contributed by atoms with van der Waals surface area (Å²) in [5, 5.41) is 2.84. The van der Waals surface area contributed by atoms with E-state index >= 15 is 0 Å². The fraction of sp³-hybridized carbons (Fsp3) is 0.727. The minimum Gasteiger partial charge on any atom is -0.290 e. The standard InChI is InChI=1S/C11H19N3O/c1-5-9-10-8(6-14(9)7(2)3)11(15)12-13(10)4/h7,9H,5-6H2,1-4H3,(H,12,15). The molecular formula is C11H19N3O. The highest BCUT2D eigenvalue weighted by atomic mass is 16.1. The summed E-state index contributed by atoms with van der Waals surface area (Å²) in [5.41, 5.74) is 2.21. The van der Waals surface area contributed by atoms with Crippen LogP contribution in [-0.2, 0) is 13.6 Å². The first-order valence-corrected chi connectivity index (χ1v) is 5.59. The molecule has 84 valence electrons. The van der Waals surface area contributed by atoms with Crippen LogP contribution in [0.1, 0.15) is 44.5 Å². The van der Waals surface area contributed by atoms with Crippen LogP contribution >= 0.6 is 0 Å². The van der Waals surface area contributed by atoms with Crippen molar-refractivity contribution in [2.75, 3.05) is 0 Å². The molecule has 0 aliphatic carbocycles. The molecule has 15 heavy (non-hydrogen) atoms. The highest BCUT2D eigenvalue weighted by Gasteiger charge is 2.35. The number of aromatic amines is 1. The molecule has 0 spiro atoms. The zero-order chi connectivity index (χ0) is 11.2. The van der Waals surface area contributed by atoms with Gasteiger partial charge in [0.05, 0.1) is 17.3 Å². The number of aryl methyl sites for hydroxylation is 1. The number of H-pyrrole nitrogens is 1. The molecule has 0 bridgehead atoms. The van der Waals surface area contributed by atoms with E-state index in [2.05, 4.69) is 30.8 Å². The number of nitrogens with zero attached hydrogens (tertiary/aromatic N) is 2. The average Bonchev–Trinajstić information content (AvgIpc) is 2.66. The van der Waals surface area contributed by atoms with Gasteiger partial charge in [-0.3, -0.25) is 19.5 Å². The number of hydrogen-bond acceptors (Lipinski definition) is 2. The molecule has 4 nitrogen and oxygen atoms in total. The highest BCUT2D eigenvalue weighted by Crippen LogP contribution is 2.34. The van der Waals surface area contributed by atoms with Gasteiger partial charge in [-0.25, -0.2) is 0 Å². The molecule has 4 heteroatoms. The Labute approximate surface area is 89.9 Å². The maximum Gasteiger partial charge on any atom is 0.268 e. The maximum absolute atomic E-state index is 11.7. The second-order valence-electron chi connectivity index (χ2n) is 4.55. The Morgan fingerprint density at radius 2 is 2.20 bits per heavy atom. The van der Waals surface area contributed by atoms with Crippen molar-refractivity contribution in [3.63, 3.8) is 0 Å². The van der Waals surface area contributed by atoms with E-state index in [1.165, 1.54) is 5.69 Å². The van der Waals surface area contributed by atoms with Crippen molar-refractivity contribution in [1.82, 2.24) is 14.7 Å². The molecule has 1 unspecified atom stereocenters. The molecule has 1 aromatic heterocycles. The summed E-state index contributed by atoms with van der Waals surface area (Å²) in [5.74, 6) is 0. The predicted molar refractivity (Wildman–Crippen MR) is 59.7 cm³/mol. The molecule has 1 aliphatic rings. The Morgan fingerprint density at radius 1 is 1.53 bits per heavy atom. The number of nitrogens with one attached hydrogen (secondary N) is 1. The molecule has 1 atom stereocenters. The van der Waals surface area contributed by atoms with Gasteiger partial charge < -0.3 is 0 Å². The second kappa shape index (κ2) is 3.52. The van der Waals surface area contributed by atoms with Crippen molar-refractivity contribution in [2.24, 2.45) is 7.05 Å². The Hall–Kier alpha value is -1.03. The van der Waals surface area contributed by atoms with Crippen molar-refractivity contribution in [2.45, 2.75) is 45.8 Å². The van der Waals surface area contributed by atoms with Crippen LogP contribution in [0.4, 0.5) is 0 Å². The topological polar surface area (TPSA) is 41.0 Å². The van der Waals surface area contributed by atoms with Crippen LogP contribution < -0.4 is 5.56 Å². The lowest BCUT2D eigenvalue weighted by atomic mass is 10.1. The van der Waals surface area contributed by atoms with Gasteiger partial charge in [-0.2, -0.15) is 0 Å². The molecule has 0 fully saturated rings. The highest BCUT2D eigenvalue weighted by molar-refractivity contribution is 5.26. The second-order valence-corrected chi connectivity index (χ2v) is 4.55. The fourth-order valence-electron chi connectivity index (χ4n) is 2.60. The third kappa shape index (κ3) is 1.44. The SMILES string of the molecule is CCC1c2c(c(=O)[nH]n2C)CN1C(C)C. The zero-order valence-corrected chi connectivity index (χ0v) is 9.87. The Kier molecular flexibility index (Phi) is 2.46. The molecule has 1 aromatic rings. The summed E-state index contributed by atoms with van der Waals surface area (Å²) >= 11 is 0.